The monoisotopic (exact) mass is 304 g/mol. The number of benzene rings is 1. The van der Waals surface area contributed by atoms with Crippen LogP contribution in [0.2, 0.25) is 0 Å². The summed E-state index contributed by atoms with van der Waals surface area (Å²) in [7, 11) is 0. The van der Waals surface area contributed by atoms with Gasteiger partial charge in [-0.05, 0) is 37.0 Å². The smallest absolute Gasteiger partial charge is 0.338 e. The summed E-state index contributed by atoms with van der Waals surface area (Å²) in [6.07, 6.45) is 1.53. The minimum atomic E-state index is -0.424. The molecule has 0 amide bonds. The summed E-state index contributed by atoms with van der Waals surface area (Å²) >= 11 is 0. The van der Waals surface area contributed by atoms with Crippen molar-refractivity contribution in [1.29, 1.82) is 0 Å². The molecule has 0 aliphatic heterocycles. The van der Waals surface area contributed by atoms with E-state index in [4.69, 9.17) is 9.47 Å². The van der Waals surface area contributed by atoms with E-state index < -0.39 is 5.97 Å². The Kier molecular flexibility index (Phi) is 7.37. The largest absolute Gasteiger partial charge is 0.462 e. The van der Waals surface area contributed by atoms with E-state index in [2.05, 4.69) is 20.4 Å². The first kappa shape index (κ1) is 18.0. The van der Waals surface area contributed by atoms with Crippen LogP contribution in [0.5, 0.6) is 0 Å². The van der Waals surface area contributed by atoms with Gasteiger partial charge in [-0.3, -0.25) is 0 Å². The molecule has 0 radical (unpaired) electrons. The molecule has 1 atom stereocenters. The molecular weight excluding hydrogens is 280 g/mol. The van der Waals surface area contributed by atoms with Crippen molar-refractivity contribution >= 4 is 11.9 Å². The Hall–Kier alpha value is -2.10. The lowest BCUT2D eigenvalue weighted by Crippen LogP contribution is -2.11. The summed E-state index contributed by atoms with van der Waals surface area (Å²) < 4.78 is 10.1. The third-order valence-corrected chi connectivity index (χ3v) is 3.43. The van der Waals surface area contributed by atoms with Gasteiger partial charge in [-0.15, -0.1) is 0 Å². The highest BCUT2D eigenvalue weighted by atomic mass is 16.5. The molecule has 120 valence electrons. The second kappa shape index (κ2) is 9.03. The first-order chi connectivity index (χ1) is 10.5. The summed E-state index contributed by atoms with van der Waals surface area (Å²) in [5.41, 5.74) is 2.11. The minimum absolute atomic E-state index is 0.214. The topological polar surface area (TPSA) is 52.6 Å². The highest BCUT2D eigenvalue weighted by molar-refractivity contribution is 5.89. The number of ether oxygens (including phenoxy) is 2. The predicted molar refractivity (Wildman–Crippen MR) is 85.8 cm³/mol. The van der Waals surface area contributed by atoms with Crippen LogP contribution in [0.25, 0.3) is 0 Å². The van der Waals surface area contributed by atoms with Crippen molar-refractivity contribution < 1.29 is 19.1 Å². The van der Waals surface area contributed by atoms with Crippen LogP contribution < -0.4 is 0 Å². The summed E-state index contributed by atoms with van der Waals surface area (Å²) in [5, 5.41) is 0. The van der Waals surface area contributed by atoms with E-state index >= 15 is 0 Å². The summed E-state index contributed by atoms with van der Waals surface area (Å²) in [6, 6.07) is 7.48. The second-order valence-corrected chi connectivity index (χ2v) is 5.34. The van der Waals surface area contributed by atoms with E-state index in [1.54, 1.807) is 19.1 Å². The first-order valence-electron chi connectivity index (χ1n) is 7.55. The number of hydrogen-bond donors (Lipinski definition) is 0. The van der Waals surface area contributed by atoms with Gasteiger partial charge in [-0.1, -0.05) is 32.6 Å². The molecule has 4 nitrogen and oxygen atoms in total. The highest BCUT2D eigenvalue weighted by Crippen LogP contribution is 2.19. The average molecular weight is 304 g/mol. The van der Waals surface area contributed by atoms with Gasteiger partial charge in [0.1, 0.15) is 0 Å². The first-order valence-corrected chi connectivity index (χ1v) is 7.55. The van der Waals surface area contributed by atoms with Gasteiger partial charge in [0.25, 0.3) is 0 Å². The zero-order valence-electron chi connectivity index (χ0n) is 13.6. The normalized spacial score (nSPS) is 11.6. The molecule has 0 fully saturated rings. The maximum atomic E-state index is 11.9. The fraction of sp³-hybridized carbons (Fsp3) is 0.444. The van der Waals surface area contributed by atoms with Gasteiger partial charge >= 0.3 is 11.9 Å². The van der Waals surface area contributed by atoms with Gasteiger partial charge in [0.05, 0.1) is 18.8 Å². The Morgan fingerprint density at radius 2 is 1.73 bits per heavy atom. The molecule has 22 heavy (non-hydrogen) atoms. The van der Waals surface area contributed by atoms with Crippen molar-refractivity contribution in [3.8, 4) is 0 Å². The van der Waals surface area contributed by atoms with Gasteiger partial charge in [0, 0.05) is 12.0 Å². The molecule has 0 aliphatic carbocycles. The Morgan fingerprint density at radius 1 is 1.14 bits per heavy atom. The van der Waals surface area contributed by atoms with Crippen LogP contribution in [0.4, 0.5) is 0 Å². The molecule has 0 aliphatic rings. The molecule has 1 rings (SSSR count). The molecule has 0 aromatic heterocycles. The molecule has 0 saturated carbocycles. The predicted octanol–water partition coefficient (Wildman–Crippen LogP) is 3.87. The van der Waals surface area contributed by atoms with Gasteiger partial charge in [0.2, 0.25) is 0 Å². The van der Waals surface area contributed by atoms with Crippen molar-refractivity contribution in [3.63, 3.8) is 0 Å². The molecule has 0 spiro atoms. The molecule has 1 aromatic carbocycles. The van der Waals surface area contributed by atoms with E-state index in [0.717, 1.165) is 6.42 Å². The van der Waals surface area contributed by atoms with Crippen LogP contribution in [-0.2, 0) is 14.3 Å². The third kappa shape index (κ3) is 5.72. The van der Waals surface area contributed by atoms with Gasteiger partial charge in [-0.2, -0.15) is 0 Å². The number of carbonyl (C=O) groups excluding carboxylic acids is 2. The number of esters is 2. The lowest BCUT2D eigenvalue weighted by Gasteiger charge is -2.10. The van der Waals surface area contributed by atoms with Crippen molar-refractivity contribution in [2.45, 2.75) is 39.5 Å². The number of hydrogen-bond acceptors (Lipinski definition) is 4. The van der Waals surface area contributed by atoms with Crippen LogP contribution in [0.1, 0.15) is 55.5 Å². The fourth-order valence-corrected chi connectivity index (χ4v) is 1.78. The summed E-state index contributed by atoms with van der Waals surface area (Å²) in [4.78, 5) is 23.0. The fourth-order valence-electron chi connectivity index (χ4n) is 1.78. The summed E-state index contributed by atoms with van der Waals surface area (Å²) in [6.45, 7) is 9.79. The lowest BCUT2D eigenvalue weighted by molar-refractivity contribution is -0.139. The van der Waals surface area contributed by atoms with Crippen molar-refractivity contribution in [1.82, 2.24) is 0 Å². The maximum absolute atomic E-state index is 11.9. The molecule has 0 saturated heterocycles. The summed E-state index contributed by atoms with van der Waals surface area (Å²) in [5.74, 6) is -0.304. The van der Waals surface area contributed by atoms with E-state index in [9.17, 15) is 9.59 Å². The van der Waals surface area contributed by atoms with Gasteiger partial charge in [0.15, 0.2) is 0 Å². The van der Waals surface area contributed by atoms with E-state index in [0.29, 0.717) is 23.5 Å². The van der Waals surface area contributed by atoms with Crippen LogP contribution in [-0.4, -0.2) is 25.2 Å². The van der Waals surface area contributed by atoms with Crippen molar-refractivity contribution in [2.75, 3.05) is 13.2 Å². The Balaban J connectivity index is 2.33. The quantitative estimate of drug-likeness (QED) is 0.415. The van der Waals surface area contributed by atoms with Gasteiger partial charge < -0.3 is 9.47 Å². The molecule has 0 heterocycles. The van der Waals surface area contributed by atoms with Crippen molar-refractivity contribution in [2.24, 2.45) is 0 Å². The Bertz CT molecular complexity index is 516. The van der Waals surface area contributed by atoms with Gasteiger partial charge in [-0.25, -0.2) is 9.59 Å². The van der Waals surface area contributed by atoms with E-state index in [1.807, 2.05) is 12.1 Å². The third-order valence-electron chi connectivity index (χ3n) is 3.43. The molecule has 0 N–H and O–H groups in total. The molecule has 0 bridgehead atoms. The van der Waals surface area contributed by atoms with Crippen molar-refractivity contribution in [3.05, 3.63) is 47.5 Å². The zero-order chi connectivity index (χ0) is 16.5. The molecule has 4 heteroatoms. The van der Waals surface area contributed by atoms with E-state index in [1.165, 1.54) is 5.56 Å². The standard InChI is InChI=1S/C18H24O4/c1-5-14(4)15-7-9-16(10-8-15)18(20)22-12-6-11-21-17(19)13(2)3/h7-10,14H,2,5-6,11-12H2,1,3-4H3. The Morgan fingerprint density at radius 3 is 2.27 bits per heavy atom. The number of carbonyl (C=O) groups is 2. The van der Waals surface area contributed by atoms with Crippen LogP contribution in [0, 0.1) is 0 Å². The average Bonchev–Trinajstić information content (AvgIpc) is 2.53. The van der Waals surface area contributed by atoms with Crippen LogP contribution >= 0.6 is 0 Å². The zero-order valence-corrected chi connectivity index (χ0v) is 13.6. The molecular formula is C18H24O4. The molecule has 1 aromatic rings. The SMILES string of the molecule is C=C(C)C(=O)OCCCOC(=O)c1ccc(C(C)CC)cc1. The minimum Gasteiger partial charge on any atom is -0.462 e. The van der Waals surface area contributed by atoms with Crippen LogP contribution in [0.3, 0.4) is 0 Å². The second-order valence-electron chi connectivity index (χ2n) is 5.34. The van der Waals surface area contributed by atoms with Crippen LogP contribution in [0.15, 0.2) is 36.4 Å². The van der Waals surface area contributed by atoms with E-state index in [-0.39, 0.29) is 19.2 Å². The highest BCUT2D eigenvalue weighted by Gasteiger charge is 2.09. The molecule has 1 unspecified atom stereocenters. The Labute approximate surface area is 132 Å². The number of rotatable bonds is 8. The maximum Gasteiger partial charge on any atom is 0.338 e. The lowest BCUT2D eigenvalue weighted by atomic mass is 9.98.